The van der Waals surface area contributed by atoms with Gasteiger partial charge in [0.1, 0.15) is 0 Å². The summed E-state index contributed by atoms with van der Waals surface area (Å²) in [6.45, 7) is 12.4. The monoisotopic (exact) mass is 400 g/mol. The lowest BCUT2D eigenvalue weighted by Crippen LogP contribution is -2.56. The van der Waals surface area contributed by atoms with Crippen molar-refractivity contribution in [2.24, 2.45) is 57.7 Å². The number of aliphatic hydroxyl groups excluding tert-OH is 1. The van der Waals surface area contributed by atoms with Crippen molar-refractivity contribution in [3.63, 3.8) is 0 Å². The summed E-state index contributed by atoms with van der Waals surface area (Å²) in [6, 6.07) is 0. The van der Waals surface area contributed by atoms with Crippen LogP contribution in [0.2, 0.25) is 0 Å². The Morgan fingerprint density at radius 2 is 1.86 bits per heavy atom. The van der Waals surface area contributed by atoms with E-state index in [-0.39, 0.29) is 6.10 Å². The largest absolute Gasteiger partial charge is 0.393 e. The molecule has 1 heterocycles. The summed E-state index contributed by atoms with van der Waals surface area (Å²) in [7, 11) is 0. The van der Waals surface area contributed by atoms with Crippen LogP contribution in [0.4, 0.5) is 0 Å². The lowest BCUT2D eigenvalue weighted by atomic mass is 9.45. The molecule has 0 bridgehead atoms. The molecule has 29 heavy (non-hydrogen) atoms. The molecular weight excluding hydrogens is 356 g/mol. The second-order valence-corrected chi connectivity index (χ2v) is 13.4. The van der Waals surface area contributed by atoms with Crippen LogP contribution in [0, 0.1) is 57.7 Å². The van der Waals surface area contributed by atoms with Crippen LogP contribution in [0.1, 0.15) is 92.4 Å². The predicted molar refractivity (Wildman–Crippen MR) is 116 cm³/mol. The zero-order chi connectivity index (χ0) is 20.3. The summed E-state index contributed by atoms with van der Waals surface area (Å²) in [5.41, 5.74) is 1.19. The second kappa shape index (κ2) is 6.03. The first-order valence-corrected chi connectivity index (χ1v) is 13.1. The molecule has 6 fully saturated rings. The topological polar surface area (TPSA) is 29.5 Å². The van der Waals surface area contributed by atoms with Gasteiger partial charge in [-0.2, -0.15) is 0 Å². The fourth-order valence-corrected chi connectivity index (χ4v) is 10.8. The Balaban J connectivity index is 1.26. The normalized spacial score (nSPS) is 62.4. The minimum Gasteiger partial charge on any atom is -0.393 e. The molecule has 1 saturated heterocycles. The van der Waals surface area contributed by atoms with E-state index in [1.54, 1.807) is 0 Å². The van der Waals surface area contributed by atoms with Crippen LogP contribution < -0.4 is 0 Å². The molecular formula is C27H44O2. The number of aliphatic hydroxyl groups is 1. The Morgan fingerprint density at radius 3 is 2.59 bits per heavy atom. The van der Waals surface area contributed by atoms with Crippen LogP contribution >= 0.6 is 0 Å². The predicted octanol–water partition coefficient (Wildman–Crippen LogP) is 6.07. The van der Waals surface area contributed by atoms with Crippen LogP contribution in [0.3, 0.4) is 0 Å². The molecule has 0 radical (unpaired) electrons. The smallest absolute Gasteiger partial charge is 0.0618 e. The highest BCUT2D eigenvalue weighted by Crippen LogP contribution is 2.82. The average Bonchev–Trinajstić information content (AvgIpc) is 3.07. The van der Waals surface area contributed by atoms with Crippen LogP contribution in [-0.4, -0.2) is 23.4 Å². The summed E-state index contributed by atoms with van der Waals surface area (Å²) in [5.74, 6) is 5.48. The summed E-state index contributed by atoms with van der Waals surface area (Å²) in [4.78, 5) is 0. The summed E-state index contributed by atoms with van der Waals surface area (Å²) >= 11 is 0. The van der Waals surface area contributed by atoms with E-state index in [0.29, 0.717) is 34.4 Å². The fraction of sp³-hybridized carbons (Fsp3) is 1.00. The van der Waals surface area contributed by atoms with Gasteiger partial charge in [0.05, 0.1) is 18.3 Å². The van der Waals surface area contributed by atoms with Crippen molar-refractivity contribution in [1.82, 2.24) is 0 Å². The van der Waals surface area contributed by atoms with Crippen LogP contribution in [0.15, 0.2) is 0 Å². The Morgan fingerprint density at radius 1 is 1.07 bits per heavy atom. The molecule has 2 nitrogen and oxygen atoms in total. The highest BCUT2D eigenvalue weighted by Gasteiger charge is 2.77. The molecule has 1 aliphatic heterocycles. The van der Waals surface area contributed by atoms with E-state index in [1.165, 1.54) is 51.4 Å². The molecule has 0 unspecified atom stereocenters. The van der Waals surface area contributed by atoms with Gasteiger partial charge in [-0.15, -0.1) is 0 Å². The van der Waals surface area contributed by atoms with Crippen molar-refractivity contribution in [1.29, 1.82) is 0 Å². The van der Waals surface area contributed by atoms with Gasteiger partial charge in [-0.05, 0) is 110 Å². The first-order valence-electron chi connectivity index (χ1n) is 13.1. The molecule has 6 aliphatic rings. The summed E-state index contributed by atoms with van der Waals surface area (Å²) in [5, 5.41) is 11.4. The van der Waals surface area contributed by atoms with Crippen LogP contribution in [0.5, 0.6) is 0 Å². The molecule has 1 N–H and O–H groups in total. The number of hydrogen-bond acceptors (Lipinski definition) is 2. The van der Waals surface area contributed by atoms with E-state index >= 15 is 0 Å². The number of ether oxygens (including phenoxy) is 1. The number of rotatable bonds is 3. The zero-order valence-electron chi connectivity index (χ0n) is 19.5. The van der Waals surface area contributed by atoms with Gasteiger partial charge < -0.3 is 9.84 Å². The van der Waals surface area contributed by atoms with E-state index in [9.17, 15) is 5.11 Å². The van der Waals surface area contributed by atoms with Gasteiger partial charge in [0.25, 0.3) is 0 Å². The van der Waals surface area contributed by atoms with Crippen molar-refractivity contribution in [2.45, 2.75) is 111 Å². The maximum Gasteiger partial charge on any atom is 0.0618 e. The lowest BCUT2D eigenvalue weighted by Gasteiger charge is -2.60. The van der Waals surface area contributed by atoms with Gasteiger partial charge in [0.2, 0.25) is 0 Å². The van der Waals surface area contributed by atoms with Crippen molar-refractivity contribution >= 4 is 0 Å². The van der Waals surface area contributed by atoms with Gasteiger partial charge in [0.15, 0.2) is 0 Å². The second-order valence-electron chi connectivity index (χ2n) is 13.4. The first-order chi connectivity index (χ1) is 13.7. The molecule has 12 atom stereocenters. The maximum absolute atomic E-state index is 11.4. The van der Waals surface area contributed by atoms with Crippen LogP contribution in [0.25, 0.3) is 0 Å². The Labute approximate surface area is 178 Å². The van der Waals surface area contributed by atoms with Gasteiger partial charge in [-0.1, -0.05) is 34.6 Å². The molecule has 5 saturated carbocycles. The van der Waals surface area contributed by atoms with Gasteiger partial charge >= 0.3 is 0 Å². The van der Waals surface area contributed by atoms with E-state index < -0.39 is 0 Å². The third-order valence-electron chi connectivity index (χ3n) is 12.2. The Kier molecular flexibility index (Phi) is 4.08. The molecule has 1 spiro atoms. The van der Waals surface area contributed by atoms with Gasteiger partial charge in [-0.25, -0.2) is 0 Å². The molecule has 164 valence electrons. The van der Waals surface area contributed by atoms with E-state index in [2.05, 4.69) is 34.6 Å². The molecule has 6 rings (SSSR count). The van der Waals surface area contributed by atoms with Crippen molar-refractivity contribution in [3.05, 3.63) is 0 Å². The first kappa shape index (κ1) is 19.6. The summed E-state index contributed by atoms with van der Waals surface area (Å²) < 4.78 is 6.79. The van der Waals surface area contributed by atoms with Gasteiger partial charge in [0, 0.05) is 5.41 Å². The maximum atomic E-state index is 11.4. The highest BCUT2D eigenvalue weighted by atomic mass is 16.5. The third-order valence-corrected chi connectivity index (χ3v) is 12.2. The molecule has 5 aliphatic carbocycles. The lowest BCUT2D eigenvalue weighted by molar-refractivity contribution is -0.152. The van der Waals surface area contributed by atoms with E-state index in [0.717, 1.165) is 41.9 Å². The Bertz CT molecular complexity index is 688. The molecule has 2 heteroatoms. The standard InChI is InChI=1S/C27H44O2/c1-15(2)6-7-21-16(3)24-22(29-21)13-20-18-12-23(28)27-14-17(27)8-11-26(27,5)19(18)9-10-25(20,24)4/h15-24,28H,6-14H2,1-5H3/t16-,17-,18-,19+,20+,21-,22+,23-,24+,25+,26-,27+/m1/s1. The quantitative estimate of drug-likeness (QED) is 0.623. The SMILES string of the molecule is CC(C)CC[C@H]1O[C@H]2C[C@H]3[C@@H]4C[C@@H](O)[C@]56C[C@H]5CC[C@]6(C)[C@H]4CC[C@]3(C)[C@H]2[C@@H]1C. The summed E-state index contributed by atoms with van der Waals surface area (Å²) in [6.07, 6.45) is 12.8. The molecule has 0 aromatic carbocycles. The van der Waals surface area contributed by atoms with Gasteiger partial charge in [-0.3, -0.25) is 0 Å². The molecule has 0 aromatic heterocycles. The van der Waals surface area contributed by atoms with Crippen molar-refractivity contribution in [2.75, 3.05) is 0 Å². The zero-order valence-corrected chi connectivity index (χ0v) is 19.5. The fourth-order valence-electron chi connectivity index (χ4n) is 10.8. The molecule has 0 amide bonds. The van der Waals surface area contributed by atoms with Crippen molar-refractivity contribution < 1.29 is 9.84 Å². The highest BCUT2D eigenvalue weighted by molar-refractivity contribution is 5.26. The minimum atomic E-state index is -0.0267. The minimum absolute atomic E-state index is 0.0267. The number of hydrogen-bond donors (Lipinski definition) is 1. The van der Waals surface area contributed by atoms with Crippen molar-refractivity contribution in [3.8, 4) is 0 Å². The Hall–Kier alpha value is -0.0800. The third kappa shape index (κ3) is 2.27. The van der Waals surface area contributed by atoms with E-state index in [1.807, 2.05) is 0 Å². The van der Waals surface area contributed by atoms with E-state index in [4.69, 9.17) is 4.74 Å². The number of fused-ring (bicyclic) bond motifs is 6. The van der Waals surface area contributed by atoms with Crippen LogP contribution in [-0.2, 0) is 4.74 Å². The average molecular weight is 401 g/mol. The molecule has 0 aromatic rings.